The molecule has 0 saturated carbocycles. The third-order valence-electron chi connectivity index (χ3n) is 5.39. The zero-order chi connectivity index (χ0) is 17.2. The number of aromatic nitrogens is 1. The van der Waals surface area contributed by atoms with Gasteiger partial charge in [0.05, 0.1) is 11.3 Å². The highest BCUT2D eigenvalue weighted by Crippen LogP contribution is 2.48. The molecule has 2 N–H and O–H groups in total. The molecule has 4 nitrogen and oxygen atoms in total. The van der Waals surface area contributed by atoms with Crippen LogP contribution in [0.2, 0.25) is 0 Å². The second-order valence-electron chi connectivity index (χ2n) is 7.22. The maximum atomic E-state index is 9.35. The number of piperidine rings is 1. The van der Waals surface area contributed by atoms with Gasteiger partial charge in [0.15, 0.2) is 0 Å². The van der Waals surface area contributed by atoms with E-state index in [1.54, 1.807) is 0 Å². The van der Waals surface area contributed by atoms with E-state index in [1.165, 1.54) is 22.0 Å². The van der Waals surface area contributed by atoms with Gasteiger partial charge in [0.2, 0.25) is 0 Å². The number of nitriles is 1. The lowest BCUT2D eigenvalue weighted by atomic mass is 9.96. The predicted octanol–water partition coefficient (Wildman–Crippen LogP) is 4.10. The summed E-state index contributed by atoms with van der Waals surface area (Å²) in [4.78, 5) is 4.33. The average molecular weight is 353 g/mol. The summed E-state index contributed by atoms with van der Waals surface area (Å²) < 4.78 is 0. The average Bonchev–Trinajstić information content (AvgIpc) is 3.03. The fourth-order valence-electron chi connectivity index (χ4n) is 3.91. The molecule has 1 aromatic heterocycles. The summed E-state index contributed by atoms with van der Waals surface area (Å²) in [6.45, 7) is 4.35. The fourth-order valence-corrected chi connectivity index (χ4v) is 5.42. The largest absolute Gasteiger partial charge is 0.382 e. The second-order valence-corrected chi connectivity index (χ2v) is 8.57. The Balaban J connectivity index is 1.67. The van der Waals surface area contributed by atoms with Gasteiger partial charge in [0.1, 0.15) is 0 Å². The highest BCUT2D eigenvalue weighted by Gasteiger charge is 2.33. The Morgan fingerprint density at radius 2 is 2.16 bits per heavy atom. The highest BCUT2D eigenvalue weighted by molar-refractivity contribution is 8.00. The van der Waals surface area contributed by atoms with Crippen LogP contribution in [0.5, 0.6) is 0 Å². The van der Waals surface area contributed by atoms with Crippen LogP contribution >= 0.6 is 11.8 Å². The first-order valence-electron chi connectivity index (χ1n) is 9.14. The Hall–Kier alpha value is -1.77. The molecule has 2 aromatic rings. The van der Waals surface area contributed by atoms with Crippen molar-refractivity contribution in [2.24, 2.45) is 5.92 Å². The van der Waals surface area contributed by atoms with E-state index in [4.69, 9.17) is 0 Å². The molecule has 4 rings (SSSR count). The first kappa shape index (κ1) is 16.7. The molecule has 3 atom stereocenters. The van der Waals surface area contributed by atoms with E-state index < -0.39 is 0 Å². The quantitative estimate of drug-likeness (QED) is 0.871. The molecule has 0 radical (unpaired) electrons. The minimum absolute atomic E-state index is 0.110. The lowest BCUT2D eigenvalue weighted by Crippen LogP contribution is -2.35. The molecule has 25 heavy (non-hydrogen) atoms. The number of nitrogens with one attached hydrogen (secondary N) is 2. The van der Waals surface area contributed by atoms with Crippen LogP contribution in [0.3, 0.4) is 0 Å². The summed E-state index contributed by atoms with van der Waals surface area (Å²) in [5.41, 5.74) is 2.53. The molecular weight excluding hydrogens is 328 g/mol. The van der Waals surface area contributed by atoms with Gasteiger partial charge in [-0.3, -0.25) is 4.98 Å². The van der Waals surface area contributed by atoms with Gasteiger partial charge in [-0.1, -0.05) is 6.92 Å². The minimum Gasteiger partial charge on any atom is -0.382 e. The van der Waals surface area contributed by atoms with Crippen molar-refractivity contribution in [2.75, 3.05) is 18.4 Å². The molecule has 0 bridgehead atoms. The van der Waals surface area contributed by atoms with Crippen LogP contribution in [0.25, 0.3) is 10.8 Å². The molecule has 0 amide bonds. The maximum absolute atomic E-state index is 9.35. The van der Waals surface area contributed by atoms with Crippen molar-refractivity contribution in [2.45, 2.75) is 42.7 Å². The topological polar surface area (TPSA) is 60.7 Å². The second kappa shape index (κ2) is 7.23. The number of anilines is 1. The summed E-state index contributed by atoms with van der Waals surface area (Å²) >= 11 is 1.82. The summed E-state index contributed by atoms with van der Waals surface area (Å²) in [5.74, 6) is 0.453. The summed E-state index contributed by atoms with van der Waals surface area (Å²) in [5, 5.41) is 19.5. The molecule has 0 aliphatic carbocycles. The van der Waals surface area contributed by atoms with E-state index in [-0.39, 0.29) is 5.25 Å². The van der Waals surface area contributed by atoms with Crippen molar-refractivity contribution in [1.82, 2.24) is 10.3 Å². The van der Waals surface area contributed by atoms with Gasteiger partial charge >= 0.3 is 0 Å². The Morgan fingerprint density at radius 3 is 2.92 bits per heavy atom. The monoisotopic (exact) mass is 352 g/mol. The first-order valence-corrected chi connectivity index (χ1v) is 10.1. The van der Waals surface area contributed by atoms with Gasteiger partial charge < -0.3 is 10.6 Å². The molecule has 1 aromatic carbocycles. The first-order chi connectivity index (χ1) is 12.2. The van der Waals surface area contributed by atoms with E-state index >= 15 is 0 Å². The number of rotatable bonds is 3. The van der Waals surface area contributed by atoms with Crippen molar-refractivity contribution in [1.29, 1.82) is 5.26 Å². The Kier molecular flexibility index (Phi) is 4.82. The fraction of sp³-hybridized carbons (Fsp3) is 0.500. The van der Waals surface area contributed by atoms with Crippen LogP contribution in [0, 0.1) is 17.2 Å². The number of hydrogen-bond donors (Lipinski definition) is 2. The molecule has 0 spiro atoms. The van der Waals surface area contributed by atoms with Gasteiger partial charge in [-0.2, -0.15) is 5.26 Å². The number of thioether (sulfide) groups is 1. The number of benzene rings is 1. The third kappa shape index (κ3) is 3.47. The minimum atomic E-state index is 0.110. The maximum Gasteiger partial charge on any atom is 0.0948 e. The molecule has 2 aliphatic heterocycles. The van der Waals surface area contributed by atoms with Crippen LogP contribution in [0.1, 0.15) is 37.0 Å². The van der Waals surface area contributed by atoms with Crippen molar-refractivity contribution in [3.63, 3.8) is 0 Å². The molecular formula is C20H24N4S. The molecule has 2 fully saturated rings. The molecule has 130 valence electrons. The summed E-state index contributed by atoms with van der Waals surface area (Å²) in [6, 6.07) is 9.66. The van der Waals surface area contributed by atoms with E-state index in [0.717, 1.165) is 32.4 Å². The van der Waals surface area contributed by atoms with Crippen molar-refractivity contribution < 1.29 is 0 Å². The SMILES string of the molecule is CC1CC(c2cc(NC3CCNCC3)c3cnccc3c2)SC1C#N. The molecule has 5 heteroatoms. The van der Waals surface area contributed by atoms with Crippen LogP contribution < -0.4 is 10.6 Å². The van der Waals surface area contributed by atoms with E-state index in [2.05, 4.69) is 46.8 Å². The third-order valence-corrected chi connectivity index (χ3v) is 7.05. The smallest absolute Gasteiger partial charge is 0.0948 e. The van der Waals surface area contributed by atoms with Gasteiger partial charge in [-0.25, -0.2) is 0 Å². The Bertz CT molecular complexity index is 794. The number of nitrogens with zero attached hydrogens (tertiary/aromatic N) is 2. The summed E-state index contributed by atoms with van der Waals surface area (Å²) in [7, 11) is 0. The van der Waals surface area contributed by atoms with Crippen LogP contribution in [0.15, 0.2) is 30.6 Å². The van der Waals surface area contributed by atoms with Gasteiger partial charge in [-0.05, 0) is 67.4 Å². The normalized spacial score (nSPS) is 27.3. The van der Waals surface area contributed by atoms with Gasteiger partial charge in [-0.15, -0.1) is 11.8 Å². The highest BCUT2D eigenvalue weighted by atomic mass is 32.2. The van der Waals surface area contributed by atoms with Gasteiger partial charge in [0.25, 0.3) is 0 Å². The lowest BCUT2D eigenvalue weighted by Gasteiger charge is -2.26. The summed E-state index contributed by atoms with van der Waals surface area (Å²) in [6.07, 6.45) is 7.20. The van der Waals surface area contributed by atoms with E-state index in [0.29, 0.717) is 17.2 Å². The van der Waals surface area contributed by atoms with Crippen molar-refractivity contribution in [3.8, 4) is 6.07 Å². The molecule has 3 heterocycles. The number of hydrogen-bond acceptors (Lipinski definition) is 5. The van der Waals surface area contributed by atoms with Crippen molar-refractivity contribution >= 4 is 28.2 Å². The Morgan fingerprint density at radius 1 is 1.32 bits per heavy atom. The van der Waals surface area contributed by atoms with Crippen LogP contribution in [-0.2, 0) is 0 Å². The van der Waals surface area contributed by atoms with Gasteiger partial charge in [0, 0.05) is 34.8 Å². The zero-order valence-corrected chi connectivity index (χ0v) is 15.4. The van der Waals surface area contributed by atoms with Crippen LogP contribution in [-0.4, -0.2) is 29.4 Å². The Labute approximate surface area is 153 Å². The lowest BCUT2D eigenvalue weighted by molar-refractivity contribution is 0.479. The predicted molar refractivity (Wildman–Crippen MR) is 105 cm³/mol. The molecule has 2 saturated heterocycles. The van der Waals surface area contributed by atoms with E-state index in [1.807, 2.05) is 24.2 Å². The molecule has 2 aliphatic rings. The number of fused-ring (bicyclic) bond motifs is 1. The molecule has 3 unspecified atom stereocenters. The number of pyridine rings is 1. The van der Waals surface area contributed by atoms with E-state index in [9.17, 15) is 5.26 Å². The zero-order valence-electron chi connectivity index (χ0n) is 14.5. The van der Waals surface area contributed by atoms with Crippen molar-refractivity contribution in [3.05, 3.63) is 36.2 Å². The van der Waals surface area contributed by atoms with Crippen LogP contribution in [0.4, 0.5) is 5.69 Å². The standard InChI is InChI=1S/C20H24N4S/c1-13-8-19(25-20(13)11-21)15-9-14-2-5-23-12-17(14)18(10-15)24-16-3-6-22-7-4-16/h2,5,9-10,12-13,16,19-20,22,24H,3-4,6-8H2,1H3.